The molecule has 2 N–H and O–H groups in total. The predicted molar refractivity (Wildman–Crippen MR) is 103 cm³/mol. The fourth-order valence-electron chi connectivity index (χ4n) is 2.05. The summed E-state index contributed by atoms with van der Waals surface area (Å²) >= 11 is 0. The molecule has 0 aliphatic heterocycles. The van der Waals surface area contributed by atoms with E-state index in [2.05, 4.69) is 10.6 Å². The van der Waals surface area contributed by atoms with Crippen LogP contribution in [0.5, 0.6) is 17.2 Å². The molecule has 154 valence electrons. The van der Waals surface area contributed by atoms with Crippen LogP contribution in [0.3, 0.4) is 0 Å². The summed E-state index contributed by atoms with van der Waals surface area (Å²) in [7, 11) is 4.46. The van der Waals surface area contributed by atoms with Crippen LogP contribution in [-0.4, -0.2) is 51.9 Å². The molecule has 28 heavy (non-hydrogen) atoms. The number of methoxy groups -OCH3 is 3. The van der Waals surface area contributed by atoms with Gasteiger partial charge in [0.2, 0.25) is 0 Å². The summed E-state index contributed by atoms with van der Waals surface area (Å²) in [5.74, 6) is -0.0869. The Bertz CT molecular complexity index is 731. The number of amides is 3. The average molecular weight is 394 g/mol. The molecule has 9 nitrogen and oxygen atoms in total. The summed E-state index contributed by atoms with van der Waals surface area (Å²) in [6.07, 6.45) is 3.31. The first-order valence-electron chi connectivity index (χ1n) is 8.59. The molecule has 0 spiro atoms. The van der Waals surface area contributed by atoms with Crippen molar-refractivity contribution in [3.63, 3.8) is 0 Å². The summed E-state index contributed by atoms with van der Waals surface area (Å²) in [4.78, 5) is 35.0. The van der Waals surface area contributed by atoms with Gasteiger partial charge in [-0.2, -0.15) is 0 Å². The van der Waals surface area contributed by atoms with E-state index in [0.29, 0.717) is 22.8 Å². The van der Waals surface area contributed by atoms with E-state index in [9.17, 15) is 14.4 Å². The largest absolute Gasteiger partial charge is 0.496 e. The van der Waals surface area contributed by atoms with Crippen LogP contribution >= 0.6 is 0 Å². The van der Waals surface area contributed by atoms with Gasteiger partial charge in [0.25, 0.3) is 5.91 Å². The topological polar surface area (TPSA) is 112 Å². The molecule has 0 aliphatic carbocycles. The molecule has 3 amide bonds. The van der Waals surface area contributed by atoms with Gasteiger partial charge < -0.3 is 24.3 Å². The number of carbonyl (C=O) groups excluding carboxylic acids is 3. The van der Waals surface area contributed by atoms with Gasteiger partial charge in [0.1, 0.15) is 5.75 Å². The van der Waals surface area contributed by atoms with Crippen molar-refractivity contribution in [2.75, 3.05) is 27.9 Å². The molecule has 0 heterocycles. The van der Waals surface area contributed by atoms with Crippen molar-refractivity contribution < 1.29 is 33.3 Å². The number of ether oxygens (including phenoxy) is 4. The third-order valence-corrected chi connectivity index (χ3v) is 3.72. The first kappa shape index (κ1) is 22.8. The molecule has 0 aliphatic rings. The van der Waals surface area contributed by atoms with E-state index in [-0.39, 0.29) is 6.04 Å². The zero-order valence-electron chi connectivity index (χ0n) is 16.7. The molecular formula is C19H26N2O7. The van der Waals surface area contributed by atoms with Crippen LogP contribution in [0.4, 0.5) is 4.79 Å². The summed E-state index contributed by atoms with van der Waals surface area (Å²) in [5, 5.41) is 4.65. The normalized spacial score (nSPS) is 11.5. The van der Waals surface area contributed by atoms with Gasteiger partial charge in [-0.3, -0.25) is 10.1 Å². The standard InChI is InChI=1S/C19H26N2O7/c1-6-12(2)20-19(24)21-17(22)11-28-18(23)8-7-13-9-15(26-4)16(27-5)10-14(13)25-3/h7-10,12H,6,11H2,1-5H3,(H2,20,21,22,24)/b8-7+/t12-/m0/s1. The third-order valence-electron chi connectivity index (χ3n) is 3.72. The van der Waals surface area contributed by atoms with Crippen molar-refractivity contribution in [2.45, 2.75) is 26.3 Å². The van der Waals surface area contributed by atoms with Crippen LogP contribution in [0.15, 0.2) is 18.2 Å². The number of benzene rings is 1. The van der Waals surface area contributed by atoms with Gasteiger partial charge in [0.05, 0.1) is 21.3 Å². The SMILES string of the molecule is CC[C@H](C)NC(=O)NC(=O)COC(=O)/C=C/c1cc(OC)c(OC)cc1OC. The van der Waals surface area contributed by atoms with E-state index in [0.717, 1.165) is 12.5 Å². The van der Waals surface area contributed by atoms with Crippen LogP contribution in [0.25, 0.3) is 6.08 Å². The molecule has 9 heteroatoms. The third kappa shape index (κ3) is 7.18. The van der Waals surface area contributed by atoms with E-state index < -0.39 is 24.5 Å². The molecule has 0 saturated carbocycles. The molecular weight excluding hydrogens is 368 g/mol. The number of esters is 1. The maximum atomic E-state index is 11.8. The molecule has 0 aromatic heterocycles. The van der Waals surface area contributed by atoms with Gasteiger partial charge in [-0.05, 0) is 25.5 Å². The lowest BCUT2D eigenvalue weighted by Gasteiger charge is -2.12. The van der Waals surface area contributed by atoms with Crippen LogP contribution in [0, 0.1) is 0 Å². The molecule has 1 rings (SSSR count). The molecule has 0 fully saturated rings. The second-order valence-electron chi connectivity index (χ2n) is 5.72. The van der Waals surface area contributed by atoms with E-state index in [4.69, 9.17) is 18.9 Å². The first-order chi connectivity index (χ1) is 13.3. The lowest BCUT2D eigenvalue weighted by atomic mass is 10.1. The van der Waals surface area contributed by atoms with Gasteiger partial charge in [-0.15, -0.1) is 0 Å². The Morgan fingerprint density at radius 1 is 1.04 bits per heavy atom. The fourth-order valence-corrected chi connectivity index (χ4v) is 2.05. The monoisotopic (exact) mass is 394 g/mol. The minimum atomic E-state index is -0.755. The number of imide groups is 1. The zero-order chi connectivity index (χ0) is 21.1. The minimum Gasteiger partial charge on any atom is -0.496 e. The Balaban J connectivity index is 2.64. The van der Waals surface area contributed by atoms with Gasteiger partial charge in [-0.1, -0.05) is 6.92 Å². The molecule has 0 saturated heterocycles. The van der Waals surface area contributed by atoms with Crippen LogP contribution in [0.1, 0.15) is 25.8 Å². The quantitative estimate of drug-likeness (QED) is 0.486. The number of hydrogen-bond acceptors (Lipinski definition) is 7. The molecule has 1 aromatic rings. The van der Waals surface area contributed by atoms with Crippen molar-refractivity contribution >= 4 is 24.0 Å². The summed E-state index contributed by atoms with van der Waals surface area (Å²) in [5.41, 5.74) is 0.550. The Kier molecular flexibility index (Phi) is 9.35. The van der Waals surface area contributed by atoms with Crippen LogP contribution < -0.4 is 24.8 Å². The number of rotatable bonds is 9. The molecule has 1 aromatic carbocycles. The zero-order valence-corrected chi connectivity index (χ0v) is 16.7. The van der Waals surface area contributed by atoms with E-state index in [1.54, 1.807) is 19.1 Å². The summed E-state index contributed by atoms with van der Waals surface area (Å²) in [6.45, 7) is 3.12. The van der Waals surface area contributed by atoms with Gasteiger partial charge in [0, 0.05) is 23.7 Å². The molecule has 1 atom stereocenters. The Labute approximate surface area is 164 Å². The number of nitrogens with one attached hydrogen (secondary N) is 2. The number of carbonyl (C=O) groups is 3. The summed E-state index contributed by atoms with van der Waals surface area (Å²) in [6, 6.07) is 2.54. The Morgan fingerprint density at radius 2 is 1.64 bits per heavy atom. The fraction of sp³-hybridized carbons (Fsp3) is 0.421. The van der Waals surface area contributed by atoms with Crippen LogP contribution in [0.2, 0.25) is 0 Å². The first-order valence-corrected chi connectivity index (χ1v) is 8.59. The van der Waals surface area contributed by atoms with Crippen molar-refractivity contribution in [3.8, 4) is 17.2 Å². The van der Waals surface area contributed by atoms with E-state index in [1.807, 2.05) is 6.92 Å². The van der Waals surface area contributed by atoms with Crippen molar-refractivity contribution in [3.05, 3.63) is 23.8 Å². The average Bonchev–Trinajstić information content (AvgIpc) is 2.69. The van der Waals surface area contributed by atoms with Crippen molar-refractivity contribution in [1.82, 2.24) is 10.6 Å². The molecule has 0 unspecified atom stereocenters. The van der Waals surface area contributed by atoms with Crippen molar-refractivity contribution in [2.24, 2.45) is 0 Å². The predicted octanol–water partition coefficient (Wildman–Crippen LogP) is 1.89. The number of urea groups is 1. The smallest absolute Gasteiger partial charge is 0.331 e. The summed E-state index contributed by atoms with van der Waals surface area (Å²) < 4.78 is 20.5. The maximum Gasteiger partial charge on any atom is 0.331 e. The van der Waals surface area contributed by atoms with E-state index >= 15 is 0 Å². The van der Waals surface area contributed by atoms with E-state index in [1.165, 1.54) is 27.4 Å². The van der Waals surface area contributed by atoms with Gasteiger partial charge in [-0.25, -0.2) is 9.59 Å². The van der Waals surface area contributed by atoms with Gasteiger partial charge >= 0.3 is 12.0 Å². The lowest BCUT2D eigenvalue weighted by Crippen LogP contribution is -2.44. The van der Waals surface area contributed by atoms with Gasteiger partial charge in [0.15, 0.2) is 18.1 Å². The highest BCUT2D eigenvalue weighted by molar-refractivity contribution is 5.96. The van der Waals surface area contributed by atoms with Crippen LogP contribution in [-0.2, 0) is 14.3 Å². The Hall–Kier alpha value is -3.23. The second kappa shape index (κ2) is 11.5. The van der Waals surface area contributed by atoms with Crippen molar-refractivity contribution in [1.29, 1.82) is 0 Å². The highest BCUT2D eigenvalue weighted by Crippen LogP contribution is 2.35. The highest BCUT2D eigenvalue weighted by atomic mass is 16.5. The molecule has 0 radical (unpaired) electrons. The molecule has 0 bridgehead atoms. The maximum absolute atomic E-state index is 11.8. The second-order valence-corrected chi connectivity index (χ2v) is 5.72. The highest BCUT2D eigenvalue weighted by Gasteiger charge is 2.12. The minimum absolute atomic E-state index is 0.0743. The number of hydrogen-bond donors (Lipinski definition) is 2. The Morgan fingerprint density at radius 3 is 2.21 bits per heavy atom. The lowest BCUT2D eigenvalue weighted by molar-refractivity contribution is -0.143.